The molecule has 0 spiro atoms. The maximum atomic E-state index is 12.6. The molecule has 13 heavy (non-hydrogen) atoms. The van der Waals surface area contributed by atoms with E-state index in [4.69, 9.17) is 11.6 Å². The summed E-state index contributed by atoms with van der Waals surface area (Å²) in [5, 5.41) is 3.04. The van der Waals surface area contributed by atoms with E-state index in [9.17, 15) is 9.18 Å². The summed E-state index contributed by atoms with van der Waals surface area (Å²) in [5.74, 6) is -0.357. The van der Waals surface area contributed by atoms with Crippen LogP contribution in [-0.2, 0) is 4.79 Å². The van der Waals surface area contributed by atoms with E-state index in [1.807, 2.05) is 0 Å². The van der Waals surface area contributed by atoms with E-state index in [0.717, 1.165) is 5.56 Å². The summed E-state index contributed by atoms with van der Waals surface area (Å²) in [7, 11) is 0. The van der Waals surface area contributed by atoms with Gasteiger partial charge in [0.25, 0.3) is 0 Å². The summed E-state index contributed by atoms with van der Waals surface area (Å²) in [5.41, 5.74) is 0.780. The first-order valence-corrected chi connectivity index (χ1v) is 4.29. The van der Waals surface area contributed by atoms with Gasteiger partial charge >= 0.3 is 0 Å². The highest BCUT2D eigenvalue weighted by Gasteiger charge is 2.28. The van der Waals surface area contributed by atoms with Gasteiger partial charge < -0.3 is 5.32 Å². The van der Waals surface area contributed by atoms with Crippen LogP contribution >= 0.6 is 11.6 Å². The predicted octanol–water partition coefficient (Wildman–Crippen LogP) is 2.04. The molecule has 1 unspecified atom stereocenters. The smallest absolute Gasteiger partial charge is 0.222 e. The molecule has 1 amide bonds. The van der Waals surface area contributed by atoms with Crippen LogP contribution in [0.4, 0.5) is 4.39 Å². The van der Waals surface area contributed by atoms with E-state index >= 15 is 0 Å². The Morgan fingerprint density at radius 2 is 2.23 bits per heavy atom. The molecular formula is C9H7ClFNO. The zero-order chi connectivity index (χ0) is 9.42. The minimum absolute atomic E-state index is 0.00499. The van der Waals surface area contributed by atoms with E-state index in [1.165, 1.54) is 12.1 Å². The fraction of sp³-hybridized carbons (Fsp3) is 0.222. The van der Waals surface area contributed by atoms with Crippen LogP contribution in [0, 0.1) is 5.82 Å². The Balaban J connectivity index is 2.26. The van der Waals surface area contributed by atoms with E-state index in [0.29, 0.717) is 11.4 Å². The lowest BCUT2D eigenvalue weighted by molar-refractivity contribution is -0.128. The summed E-state index contributed by atoms with van der Waals surface area (Å²) in [4.78, 5) is 10.6. The molecule has 1 aromatic carbocycles. The molecule has 1 atom stereocenters. The quantitative estimate of drug-likeness (QED) is 0.689. The molecule has 0 radical (unpaired) electrons. The Hall–Kier alpha value is -1.09. The molecule has 1 N–H and O–H groups in total. The summed E-state index contributed by atoms with van der Waals surface area (Å²) in [6, 6.07) is 4.15. The summed E-state index contributed by atoms with van der Waals surface area (Å²) in [6.07, 6.45) is 0.436. The highest BCUT2D eigenvalue weighted by molar-refractivity contribution is 6.31. The van der Waals surface area contributed by atoms with Crippen molar-refractivity contribution < 1.29 is 9.18 Å². The van der Waals surface area contributed by atoms with Gasteiger partial charge in [0, 0.05) is 5.02 Å². The van der Waals surface area contributed by atoms with Gasteiger partial charge in [0.2, 0.25) is 5.91 Å². The van der Waals surface area contributed by atoms with Crippen LogP contribution in [0.1, 0.15) is 18.0 Å². The fourth-order valence-electron chi connectivity index (χ4n) is 1.33. The number of rotatable bonds is 1. The SMILES string of the molecule is O=C1CC(c2ccc(F)cc2Cl)N1. The average Bonchev–Trinajstić information content (AvgIpc) is 2.00. The Morgan fingerprint density at radius 1 is 1.54 bits per heavy atom. The van der Waals surface area contributed by atoms with Crippen LogP contribution in [0.15, 0.2) is 18.2 Å². The van der Waals surface area contributed by atoms with Crippen molar-refractivity contribution in [2.45, 2.75) is 12.5 Å². The van der Waals surface area contributed by atoms with Crippen molar-refractivity contribution in [2.24, 2.45) is 0 Å². The first kappa shape index (κ1) is 8.51. The highest BCUT2D eigenvalue weighted by Crippen LogP contribution is 2.30. The third-order valence-electron chi connectivity index (χ3n) is 2.06. The van der Waals surface area contributed by atoms with E-state index in [-0.39, 0.29) is 17.8 Å². The lowest BCUT2D eigenvalue weighted by Crippen LogP contribution is -2.41. The van der Waals surface area contributed by atoms with Gasteiger partial charge in [-0.15, -0.1) is 0 Å². The van der Waals surface area contributed by atoms with Crippen LogP contribution in [0.5, 0.6) is 0 Å². The lowest BCUT2D eigenvalue weighted by Gasteiger charge is -2.27. The van der Waals surface area contributed by atoms with Gasteiger partial charge in [-0.3, -0.25) is 4.79 Å². The standard InChI is InChI=1S/C9H7ClFNO/c10-7-3-5(11)1-2-6(7)8-4-9(13)12-8/h1-3,8H,4H2,(H,12,13). The second-order valence-corrected chi connectivity index (χ2v) is 3.40. The Morgan fingerprint density at radius 3 is 2.77 bits per heavy atom. The molecule has 0 aromatic heterocycles. The maximum absolute atomic E-state index is 12.6. The van der Waals surface area contributed by atoms with Crippen LogP contribution < -0.4 is 5.32 Å². The molecule has 4 heteroatoms. The van der Waals surface area contributed by atoms with Crippen molar-refractivity contribution in [3.8, 4) is 0 Å². The van der Waals surface area contributed by atoms with Gasteiger partial charge in [-0.2, -0.15) is 0 Å². The number of hydrogen-bond donors (Lipinski definition) is 1. The van der Waals surface area contributed by atoms with Crippen molar-refractivity contribution in [2.75, 3.05) is 0 Å². The maximum Gasteiger partial charge on any atom is 0.222 e. The van der Waals surface area contributed by atoms with Gasteiger partial charge in [-0.25, -0.2) is 4.39 Å². The zero-order valence-corrected chi connectivity index (χ0v) is 7.44. The van der Waals surface area contributed by atoms with E-state index < -0.39 is 0 Å². The number of carbonyl (C=O) groups is 1. The lowest BCUT2D eigenvalue weighted by atomic mass is 9.97. The molecule has 0 aliphatic carbocycles. The van der Waals surface area contributed by atoms with Crippen molar-refractivity contribution in [1.29, 1.82) is 0 Å². The molecular weight excluding hydrogens is 193 g/mol. The largest absolute Gasteiger partial charge is 0.349 e. The molecule has 1 aliphatic heterocycles. The Kier molecular flexibility index (Phi) is 1.96. The van der Waals surface area contributed by atoms with Gasteiger partial charge in [0.15, 0.2) is 0 Å². The summed E-state index contributed by atoms with van der Waals surface area (Å²) in [6.45, 7) is 0. The predicted molar refractivity (Wildman–Crippen MR) is 46.9 cm³/mol. The zero-order valence-electron chi connectivity index (χ0n) is 6.68. The second kappa shape index (κ2) is 3.00. The Bertz CT molecular complexity index is 359. The Labute approximate surface area is 79.7 Å². The van der Waals surface area contributed by atoms with Crippen molar-refractivity contribution in [3.63, 3.8) is 0 Å². The minimum atomic E-state index is -0.362. The number of amides is 1. The van der Waals surface area contributed by atoms with Crippen molar-refractivity contribution in [3.05, 3.63) is 34.6 Å². The van der Waals surface area contributed by atoms with Gasteiger partial charge in [-0.05, 0) is 17.7 Å². The first-order valence-electron chi connectivity index (χ1n) is 3.91. The first-order chi connectivity index (χ1) is 6.16. The van der Waals surface area contributed by atoms with Crippen LogP contribution in [0.3, 0.4) is 0 Å². The number of carbonyl (C=O) groups excluding carboxylic acids is 1. The van der Waals surface area contributed by atoms with Crippen LogP contribution in [0.2, 0.25) is 5.02 Å². The van der Waals surface area contributed by atoms with Gasteiger partial charge in [0.05, 0.1) is 12.5 Å². The van der Waals surface area contributed by atoms with Crippen molar-refractivity contribution >= 4 is 17.5 Å². The van der Waals surface area contributed by atoms with Gasteiger partial charge in [0.1, 0.15) is 5.82 Å². The number of nitrogens with one attached hydrogen (secondary N) is 1. The van der Waals surface area contributed by atoms with E-state index in [1.54, 1.807) is 6.07 Å². The summed E-state index contributed by atoms with van der Waals surface area (Å²) >= 11 is 5.79. The third kappa shape index (κ3) is 1.52. The molecule has 1 fully saturated rings. The number of halogens is 2. The van der Waals surface area contributed by atoms with Crippen molar-refractivity contribution in [1.82, 2.24) is 5.32 Å². The van der Waals surface area contributed by atoms with Crippen LogP contribution in [-0.4, -0.2) is 5.91 Å². The minimum Gasteiger partial charge on any atom is -0.349 e. The monoisotopic (exact) mass is 199 g/mol. The molecule has 68 valence electrons. The molecule has 1 aromatic rings. The fourth-order valence-corrected chi connectivity index (χ4v) is 1.63. The molecule has 1 aliphatic rings. The topological polar surface area (TPSA) is 29.1 Å². The molecule has 0 bridgehead atoms. The molecule has 0 saturated carbocycles. The highest BCUT2D eigenvalue weighted by atomic mass is 35.5. The molecule has 1 saturated heterocycles. The van der Waals surface area contributed by atoms with E-state index in [2.05, 4.69) is 5.32 Å². The molecule has 2 rings (SSSR count). The number of β-lactam (4-membered cyclic amide) rings is 1. The number of hydrogen-bond acceptors (Lipinski definition) is 1. The summed E-state index contributed by atoms with van der Waals surface area (Å²) < 4.78 is 12.6. The number of benzene rings is 1. The van der Waals surface area contributed by atoms with Gasteiger partial charge in [-0.1, -0.05) is 17.7 Å². The molecule has 2 nitrogen and oxygen atoms in total. The third-order valence-corrected chi connectivity index (χ3v) is 2.39. The second-order valence-electron chi connectivity index (χ2n) is 2.99. The average molecular weight is 200 g/mol. The molecule has 1 heterocycles. The normalized spacial score (nSPS) is 20.8. The van der Waals surface area contributed by atoms with Crippen LogP contribution in [0.25, 0.3) is 0 Å².